The number of halogens is 1. The first-order chi connectivity index (χ1) is 14.1. The first kappa shape index (κ1) is 19.3. The van der Waals surface area contributed by atoms with Gasteiger partial charge in [0.1, 0.15) is 0 Å². The highest BCUT2D eigenvalue weighted by Crippen LogP contribution is 2.39. The van der Waals surface area contributed by atoms with Crippen LogP contribution in [-0.4, -0.2) is 55.3 Å². The fraction of sp³-hybridized carbons (Fsp3) is 0.696. The highest BCUT2D eigenvalue weighted by molar-refractivity contribution is 5.97. The molecule has 6 heteroatoms. The Kier molecular flexibility index (Phi) is 5.25. The zero-order valence-electron chi connectivity index (χ0n) is 17.2. The van der Waals surface area contributed by atoms with E-state index in [2.05, 4.69) is 11.8 Å². The minimum absolute atomic E-state index is 0.0877. The minimum atomic E-state index is -0.404. The van der Waals surface area contributed by atoms with Crippen LogP contribution in [0.1, 0.15) is 45.4 Å². The number of anilines is 1. The Hall–Kier alpha value is -1.66. The lowest BCUT2D eigenvalue weighted by Crippen LogP contribution is -2.49. The van der Waals surface area contributed by atoms with Crippen molar-refractivity contribution in [3.8, 4) is 5.75 Å². The van der Waals surface area contributed by atoms with Gasteiger partial charge in [-0.25, -0.2) is 4.39 Å². The van der Waals surface area contributed by atoms with Gasteiger partial charge in [0.25, 0.3) is 5.91 Å². The number of hydrogen-bond acceptors (Lipinski definition) is 4. The molecule has 3 heterocycles. The summed E-state index contributed by atoms with van der Waals surface area (Å²) in [7, 11) is 0. The van der Waals surface area contributed by atoms with Gasteiger partial charge in [0, 0.05) is 31.8 Å². The zero-order chi connectivity index (χ0) is 20.0. The number of nitrogens with zero attached hydrogens (tertiary/aromatic N) is 2. The molecule has 0 radical (unpaired) electrons. The van der Waals surface area contributed by atoms with E-state index in [0.29, 0.717) is 36.3 Å². The maximum Gasteiger partial charge on any atom is 0.265 e. The van der Waals surface area contributed by atoms with Gasteiger partial charge in [-0.15, -0.1) is 0 Å². The van der Waals surface area contributed by atoms with E-state index in [9.17, 15) is 9.18 Å². The second-order valence-electron chi connectivity index (χ2n) is 9.44. The van der Waals surface area contributed by atoms with E-state index in [1.165, 1.54) is 31.7 Å². The minimum Gasteiger partial charge on any atom is -0.478 e. The molecule has 0 aromatic heterocycles. The van der Waals surface area contributed by atoms with Crippen LogP contribution < -0.4 is 9.64 Å². The molecule has 0 spiro atoms. The molecule has 5 nitrogen and oxygen atoms in total. The molecule has 1 aliphatic carbocycles. The molecule has 1 amide bonds. The van der Waals surface area contributed by atoms with Crippen molar-refractivity contribution in [1.82, 2.24) is 4.90 Å². The van der Waals surface area contributed by atoms with Gasteiger partial charge in [-0.1, -0.05) is 13.0 Å². The Morgan fingerprint density at radius 1 is 1.17 bits per heavy atom. The third-order valence-corrected chi connectivity index (χ3v) is 7.00. The first-order valence-corrected chi connectivity index (χ1v) is 11.2. The summed E-state index contributed by atoms with van der Waals surface area (Å²) in [6.07, 6.45) is 7.90. The van der Waals surface area contributed by atoms with Crippen LogP contribution >= 0.6 is 0 Å². The van der Waals surface area contributed by atoms with E-state index in [1.54, 1.807) is 17.0 Å². The largest absolute Gasteiger partial charge is 0.478 e. The highest BCUT2D eigenvalue weighted by Gasteiger charge is 2.42. The van der Waals surface area contributed by atoms with Gasteiger partial charge in [-0.05, 0) is 62.5 Å². The molecular weight excluding hydrogens is 371 g/mol. The molecule has 3 atom stereocenters. The maximum absolute atomic E-state index is 14.1. The third-order valence-electron chi connectivity index (χ3n) is 7.00. The van der Waals surface area contributed by atoms with Crippen molar-refractivity contribution < 1.29 is 18.7 Å². The van der Waals surface area contributed by atoms with Gasteiger partial charge in [0.2, 0.25) is 0 Å². The Morgan fingerprint density at radius 2 is 1.93 bits per heavy atom. The average molecular weight is 403 g/mol. The van der Waals surface area contributed by atoms with Gasteiger partial charge in [0.05, 0.1) is 11.8 Å². The second kappa shape index (κ2) is 7.88. The van der Waals surface area contributed by atoms with Gasteiger partial charge in [-0.3, -0.25) is 9.69 Å². The molecule has 1 saturated carbocycles. The van der Waals surface area contributed by atoms with E-state index in [4.69, 9.17) is 9.47 Å². The Balaban J connectivity index is 1.20. The Morgan fingerprint density at radius 3 is 2.66 bits per heavy atom. The van der Waals surface area contributed by atoms with E-state index in [-0.39, 0.29) is 18.3 Å². The smallest absolute Gasteiger partial charge is 0.265 e. The predicted molar refractivity (Wildman–Crippen MR) is 109 cm³/mol. The van der Waals surface area contributed by atoms with Crippen molar-refractivity contribution in [1.29, 1.82) is 0 Å². The lowest BCUT2D eigenvalue weighted by Gasteiger charge is -2.41. The number of hydrogen-bond donors (Lipinski definition) is 0. The van der Waals surface area contributed by atoms with Crippen LogP contribution in [0.5, 0.6) is 5.75 Å². The lowest BCUT2D eigenvalue weighted by atomic mass is 9.97. The van der Waals surface area contributed by atoms with Crippen LogP contribution in [0.15, 0.2) is 18.2 Å². The molecule has 3 unspecified atom stereocenters. The molecule has 3 fully saturated rings. The standard InChI is InChI=1S/C23H31FN2O3/c1-15(12-26-21-4-2-3-20(24)23(21)29-14-22(26)27)11-25-17-7-8-18(25)10-19(9-17)28-13-16-5-6-16/h2-4,15-19H,5-14H2,1H3. The summed E-state index contributed by atoms with van der Waals surface area (Å²) in [5, 5.41) is 0. The Bertz CT molecular complexity index is 754. The number of piperidine rings is 1. The highest BCUT2D eigenvalue weighted by atomic mass is 19.1. The average Bonchev–Trinajstić information content (AvgIpc) is 3.49. The number of carbonyl (C=O) groups is 1. The summed E-state index contributed by atoms with van der Waals surface area (Å²) in [5.74, 6) is 0.835. The normalized spacial score (nSPS) is 30.2. The summed E-state index contributed by atoms with van der Waals surface area (Å²) < 4.78 is 25.6. The van der Waals surface area contributed by atoms with Crippen molar-refractivity contribution in [2.75, 3.05) is 31.2 Å². The van der Waals surface area contributed by atoms with E-state index in [0.717, 1.165) is 31.9 Å². The summed E-state index contributed by atoms with van der Waals surface area (Å²) in [6, 6.07) is 5.99. The Labute approximate surface area is 172 Å². The van der Waals surface area contributed by atoms with Crippen molar-refractivity contribution in [2.24, 2.45) is 11.8 Å². The quantitative estimate of drug-likeness (QED) is 0.699. The molecule has 5 rings (SSSR count). The van der Waals surface area contributed by atoms with Crippen LogP contribution in [0.3, 0.4) is 0 Å². The fourth-order valence-electron chi connectivity index (χ4n) is 5.34. The first-order valence-electron chi connectivity index (χ1n) is 11.2. The molecule has 3 aliphatic heterocycles. The molecule has 0 N–H and O–H groups in total. The summed E-state index contributed by atoms with van der Waals surface area (Å²) in [5.41, 5.74) is 0.559. The van der Waals surface area contributed by atoms with Gasteiger partial charge in [0.15, 0.2) is 18.2 Å². The van der Waals surface area contributed by atoms with E-state index < -0.39 is 5.82 Å². The van der Waals surface area contributed by atoms with Crippen molar-refractivity contribution in [3.63, 3.8) is 0 Å². The monoisotopic (exact) mass is 402 g/mol. The zero-order valence-corrected chi connectivity index (χ0v) is 17.2. The number of para-hydroxylation sites is 1. The molecular formula is C23H31FN2O3. The molecule has 2 bridgehead atoms. The van der Waals surface area contributed by atoms with Gasteiger partial charge < -0.3 is 14.4 Å². The van der Waals surface area contributed by atoms with E-state index >= 15 is 0 Å². The van der Waals surface area contributed by atoms with Crippen molar-refractivity contribution >= 4 is 11.6 Å². The summed E-state index contributed by atoms with van der Waals surface area (Å²) >= 11 is 0. The number of ether oxygens (including phenoxy) is 2. The molecule has 1 aromatic rings. The maximum atomic E-state index is 14.1. The third kappa shape index (κ3) is 4.02. The van der Waals surface area contributed by atoms with Crippen molar-refractivity contribution in [2.45, 2.75) is 63.6 Å². The fourth-order valence-corrected chi connectivity index (χ4v) is 5.34. The summed E-state index contributed by atoms with van der Waals surface area (Å²) in [6.45, 7) is 4.62. The van der Waals surface area contributed by atoms with Crippen LogP contribution in [0, 0.1) is 17.7 Å². The molecule has 158 valence electrons. The van der Waals surface area contributed by atoms with Crippen LogP contribution in [-0.2, 0) is 9.53 Å². The van der Waals surface area contributed by atoms with Gasteiger partial charge >= 0.3 is 0 Å². The van der Waals surface area contributed by atoms with E-state index in [1.807, 2.05) is 0 Å². The SMILES string of the molecule is CC(CN1C(=O)COc2c(F)cccc21)CN1C2CCC1CC(OCC1CC1)C2. The number of rotatable bonds is 7. The molecule has 2 saturated heterocycles. The molecule has 29 heavy (non-hydrogen) atoms. The topological polar surface area (TPSA) is 42.0 Å². The second-order valence-corrected chi connectivity index (χ2v) is 9.44. The predicted octanol–water partition coefficient (Wildman–Crippen LogP) is 3.61. The van der Waals surface area contributed by atoms with Crippen molar-refractivity contribution in [3.05, 3.63) is 24.0 Å². The number of benzene rings is 1. The number of carbonyl (C=O) groups excluding carboxylic acids is 1. The number of fused-ring (bicyclic) bond motifs is 3. The molecule has 4 aliphatic rings. The van der Waals surface area contributed by atoms with Crippen LogP contribution in [0.4, 0.5) is 10.1 Å². The van der Waals surface area contributed by atoms with Gasteiger partial charge in [-0.2, -0.15) is 0 Å². The van der Waals surface area contributed by atoms with Crippen LogP contribution in [0.2, 0.25) is 0 Å². The van der Waals surface area contributed by atoms with Crippen LogP contribution in [0.25, 0.3) is 0 Å². The number of amides is 1. The molecule has 1 aromatic carbocycles. The summed E-state index contributed by atoms with van der Waals surface area (Å²) in [4.78, 5) is 16.8. The lowest BCUT2D eigenvalue weighted by molar-refractivity contribution is -0.121.